The van der Waals surface area contributed by atoms with E-state index in [9.17, 15) is 5.11 Å². The van der Waals surface area contributed by atoms with E-state index in [4.69, 9.17) is 11.6 Å². The van der Waals surface area contributed by atoms with E-state index in [0.717, 1.165) is 15.7 Å². The molecule has 0 heterocycles. The highest BCUT2D eigenvalue weighted by Gasteiger charge is 2.08. The topological polar surface area (TPSA) is 32.3 Å². The molecule has 0 aliphatic carbocycles. The van der Waals surface area contributed by atoms with E-state index >= 15 is 0 Å². The zero-order chi connectivity index (χ0) is 13.1. The molecule has 0 aliphatic heterocycles. The smallest absolute Gasteiger partial charge is 0.115 e. The fourth-order valence-electron chi connectivity index (χ4n) is 1.72. The summed E-state index contributed by atoms with van der Waals surface area (Å²) in [5.41, 5.74) is 1.94. The average Bonchev–Trinajstić information content (AvgIpc) is 2.34. The Balaban J connectivity index is 2.21. The second kappa shape index (κ2) is 5.63. The van der Waals surface area contributed by atoms with Crippen molar-refractivity contribution in [1.29, 1.82) is 0 Å². The van der Waals surface area contributed by atoms with E-state index < -0.39 is 0 Å². The standard InChI is InChI=1S/C14H13BrClNO/c1-9(10-3-2-4-12(18)7-10)17-14-8-11(16)5-6-13(14)15/h2-9,17-18H,1H3. The van der Waals surface area contributed by atoms with Gasteiger partial charge in [0.25, 0.3) is 0 Å². The highest BCUT2D eigenvalue weighted by atomic mass is 79.9. The molecule has 2 N–H and O–H groups in total. The number of benzene rings is 2. The van der Waals surface area contributed by atoms with Gasteiger partial charge < -0.3 is 10.4 Å². The Hall–Kier alpha value is -1.19. The summed E-state index contributed by atoms with van der Waals surface area (Å²) in [7, 11) is 0. The third-order valence-corrected chi connectivity index (χ3v) is 3.60. The summed E-state index contributed by atoms with van der Waals surface area (Å²) in [5.74, 6) is 0.270. The predicted molar refractivity (Wildman–Crippen MR) is 79.3 cm³/mol. The Kier molecular flexibility index (Phi) is 4.15. The highest BCUT2D eigenvalue weighted by Crippen LogP contribution is 2.29. The largest absolute Gasteiger partial charge is 0.508 e. The lowest BCUT2D eigenvalue weighted by Crippen LogP contribution is -2.06. The minimum atomic E-state index is 0.0758. The minimum absolute atomic E-state index is 0.0758. The summed E-state index contributed by atoms with van der Waals surface area (Å²) in [6, 6.07) is 12.9. The van der Waals surface area contributed by atoms with Crippen molar-refractivity contribution in [2.75, 3.05) is 5.32 Å². The number of phenols is 1. The molecule has 94 valence electrons. The van der Waals surface area contributed by atoms with Gasteiger partial charge in [-0.15, -0.1) is 0 Å². The number of anilines is 1. The maximum Gasteiger partial charge on any atom is 0.115 e. The van der Waals surface area contributed by atoms with Crippen LogP contribution < -0.4 is 5.32 Å². The average molecular weight is 327 g/mol. The summed E-state index contributed by atoms with van der Waals surface area (Å²) in [5, 5.41) is 13.5. The van der Waals surface area contributed by atoms with E-state index in [1.165, 1.54) is 0 Å². The number of nitrogens with one attached hydrogen (secondary N) is 1. The fourth-order valence-corrected chi connectivity index (χ4v) is 2.25. The molecule has 0 radical (unpaired) electrons. The lowest BCUT2D eigenvalue weighted by Gasteiger charge is -2.17. The van der Waals surface area contributed by atoms with Crippen LogP contribution in [0.2, 0.25) is 5.02 Å². The molecule has 2 aromatic carbocycles. The van der Waals surface area contributed by atoms with Crippen molar-refractivity contribution in [3.8, 4) is 5.75 Å². The third kappa shape index (κ3) is 3.18. The van der Waals surface area contributed by atoms with Crippen LogP contribution in [0.4, 0.5) is 5.69 Å². The molecule has 4 heteroatoms. The maximum absolute atomic E-state index is 9.47. The second-order valence-electron chi connectivity index (χ2n) is 4.09. The lowest BCUT2D eigenvalue weighted by atomic mass is 10.1. The molecule has 1 unspecified atom stereocenters. The molecule has 0 aromatic heterocycles. The molecule has 1 atom stereocenters. The minimum Gasteiger partial charge on any atom is -0.508 e. The number of aromatic hydroxyl groups is 1. The summed E-state index contributed by atoms with van der Waals surface area (Å²) >= 11 is 9.45. The first kappa shape index (κ1) is 13.2. The van der Waals surface area contributed by atoms with Crippen molar-refractivity contribution < 1.29 is 5.11 Å². The Bertz CT molecular complexity index is 559. The predicted octanol–water partition coefficient (Wildman–Crippen LogP) is 4.98. The monoisotopic (exact) mass is 325 g/mol. The van der Waals surface area contributed by atoms with Gasteiger partial charge >= 0.3 is 0 Å². The van der Waals surface area contributed by atoms with Gasteiger partial charge in [0.1, 0.15) is 5.75 Å². The van der Waals surface area contributed by atoms with Crippen LogP contribution in [-0.4, -0.2) is 5.11 Å². The molecule has 0 amide bonds. The zero-order valence-electron chi connectivity index (χ0n) is 9.82. The van der Waals surface area contributed by atoms with E-state index in [0.29, 0.717) is 5.02 Å². The summed E-state index contributed by atoms with van der Waals surface area (Å²) in [6.07, 6.45) is 0. The van der Waals surface area contributed by atoms with Gasteiger partial charge in [0, 0.05) is 15.5 Å². The Labute approximate surface area is 120 Å². The molecule has 2 nitrogen and oxygen atoms in total. The van der Waals surface area contributed by atoms with Gasteiger partial charge in [-0.3, -0.25) is 0 Å². The number of halogens is 2. The molecule has 18 heavy (non-hydrogen) atoms. The van der Waals surface area contributed by atoms with Crippen LogP contribution in [0.1, 0.15) is 18.5 Å². The summed E-state index contributed by atoms with van der Waals surface area (Å²) < 4.78 is 0.957. The Morgan fingerprint density at radius 3 is 2.72 bits per heavy atom. The first-order valence-corrected chi connectivity index (χ1v) is 6.74. The highest BCUT2D eigenvalue weighted by molar-refractivity contribution is 9.10. The molecule has 0 saturated carbocycles. The van der Waals surface area contributed by atoms with Crippen LogP contribution >= 0.6 is 27.5 Å². The molecule has 0 bridgehead atoms. The molecular formula is C14H13BrClNO. The molecule has 2 rings (SSSR count). The van der Waals surface area contributed by atoms with Crippen molar-refractivity contribution >= 4 is 33.2 Å². The zero-order valence-corrected chi connectivity index (χ0v) is 12.2. The van der Waals surface area contributed by atoms with Crippen molar-refractivity contribution in [1.82, 2.24) is 0 Å². The van der Waals surface area contributed by atoms with Gasteiger partial charge in [0.05, 0.1) is 5.69 Å². The lowest BCUT2D eigenvalue weighted by molar-refractivity contribution is 0.474. The number of hydrogen-bond acceptors (Lipinski definition) is 2. The van der Waals surface area contributed by atoms with Crippen LogP contribution in [0.3, 0.4) is 0 Å². The molecule has 0 saturated heterocycles. The van der Waals surface area contributed by atoms with Crippen molar-refractivity contribution in [2.24, 2.45) is 0 Å². The van der Waals surface area contributed by atoms with Gasteiger partial charge in [-0.2, -0.15) is 0 Å². The number of phenolic OH excluding ortho intramolecular Hbond substituents is 1. The number of rotatable bonds is 3. The molecule has 0 spiro atoms. The fraction of sp³-hybridized carbons (Fsp3) is 0.143. The van der Waals surface area contributed by atoms with Gasteiger partial charge in [-0.25, -0.2) is 0 Å². The van der Waals surface area contributed by atoms with Gasteiger partial charge in [0.2, 0.25) is 0 Å². The second-order valence-corrected chi connectivity index (χ2v) is 5.38. The molecular weight excluding hydrogens is 314 g/mol. The number of hydrogen-bond donors (Lipinski definition) is 2. The van der Waals surface area contributed by atoms with Crippen molar-refractivity contribution in [2.45, 2.75) is 13.0 Å². The first-order chi connectivity index (χ1) is 8.56. The third-order valence-electron chi connectivity index (χ3n) is 2.67. The van der Waals surface area contributed by atoms with E-state index in [-0.39, 0.29) is 11.8 Å². The van der Waals surface area contributed by atoms with E-state index in [2.05, 4.69) is 21.2 Å². The molecule has 0 fully saturated rings. The quantitative estimate of drug-likeness (QED) is 0.833. The van der Waals surface area contributed by atoms with Gasteiger partial charge in [0.15, 0.2) is 0 Å². The Morgan fingerprint density at radius 2 is 2.00 bits per heavy atom. The van der Waals surface area contributed by atoms with Crippen LogP contribution in [-0.2, 0) is 0 Å². The van der Waals surface area contributed by atoms with E-state index in [1.54, 1.807) is 12.1 Å². The summed E-state index contributed by atoms with van der Waals surface area (Å²) in [4.78, 5) is 0. The van der Waals surface area contributed by atoms with Crippen LogP contribution in [0, 0.1) is 0 Å². The Morgan fingerprint density at radius 1 is 1.22 bits per heavy atom. The SMILES string of the molecule is CC(Nc1cc(Cl)ccc1Br)c1cccc(O)c1. The van der Waals surface area contributed by atoms with Crippen molar-refractivity contribution in [3.05, 3.63) is 57.5 Å². The molecule has 0 aliphatic rings. The first-order valence-electron chi connectivity index (χ1n) is 5.57. The van der Waals surface area contributed by atoms with Crippen molar-refractivity contribution in [3.63, 3.8) is 0 Å². The van der Waals surface area contributed by atoms with Crippen LogP contribution in [0.5, 0.6) is 5.75 Å². The molecule has 2 aromatic rings. The van der Waals surface area contributed by atoms with Crippen LogP contribution in [0.15, 0.2) is 46.9 Å². The van der Waals surface area contributed by atoms with Gasteiger partial charge in [-0.05, 0) is 58.7 Å². The normalized spacial score (nSPS) is 12.2. The maximum atomic E-state index is 9.47. The van der Waals surface area contributed by atoms with Crippen LogP contribution in [0.25, 0.3) is 0 Å². The van der Waals surface area contributed by atoms with Gasteiger partial charge in [-0.1, -0.05) is 23.7 Å². The van der Waals surface area contributed by atoms with E-state index in [1.807, 2.05) is 37.3 Å². The summed E-state index contributed by atoms with van der Waals surface area (Å²) in [6.45, 7) is 2.03.